The van der Waals surface area contributed by atoms with Crippen molar-refractivity contribution in [3.8, 4) is 6.07 Å². The first kappa shape index (κ1) is 10.9. The first-order valence-electron chi connectivity index (χ1n) is 3.87. The number of aliphatic carboxylic acids is 1. The van der Waals surface area contributed by atoms with Gasteiger partial charge in [-0.2, -0.15) is 5.26 Å². The molecular formula is C8H14N2O2. The van der Waals surface area contributed by atoms with Crippen LogP contribution in [0.15, 0.2) is 0 Å². The second kappa shape index (κ2) is 5.56. The van der Waals surface area contributed by atoms with E-state index >= 15 is 0 Å². The van der Waals surface area contributed by atoms with E-state index in [-0.39, 0.29) is 12.5 Å². The van der Waals surface area contributed by atoms with Crippen molar-refractivity contribution < 1.29 is 9.90 Å². The molecule has 0 amide bonds. The van der Waals surface area contributed by atoms with E-state index < -0.39 is 5.97 Å². The predicted octanol–water partition coefficient (Wildman–Crippen LogP) is 0.695. The Morgan fingerprint density at radius 3 is 2.75 bits per heavy atom. The second-order valence-corrected chi connectivity index (χ2v) is 2.84. The van der Waals surface area contributed by atoms with Crippen molar-refractivity contribution >= 4 is 5.97 Å². The Hall–Kier alpha value is -1.08. The minimum Gasteiger partial charge on any atom is -0.481 e. The summed E-state index contributed by atoms with van der Waals surface area (Å²) in [6.07, 6.45) is 0.572. The van der Waals surface area contributed by atoms with E-state index in [1.165, 1.54) is 0 Å². The molecule has 0 aliphatic carbocycles. The summed E-state index contributed by atoms with van der Waals surface area (Å²) < 4.78 is 0. The molecule has 4 heteroatoms. The quantitative estimate of drug-likeness (QED) is 0.659. The highest BCUT2D eigenvalue weighted by atomic mass is 16.4. The summed E-state index contributed by atoms with van der Waals surface area (Å²) in [5, 5.41) is 16.8. The van der Waals surface area contributed by atoms with E-state index in [0.29, 0.717) is 13.0 Å². The van der Waals surface area contributed by atoms with Crippen LogP contribution in [0, 0.1) is 11.3 Å². The van der Waals surface area contributed by atoms with Crippen molar-refractivity contribution in [2.45, 2.75) is 25.8 Å². The van der Waals surface area contributed by atoms with Gasteiger partial charge in [0, 0.05) is 19.0 Å². The molecule has 1 atom stereocenters. The summed E-state index contributed by atoms with van der Waals surface area (Å²) in [7, 11) is 1.82. The Kier molecular flexibility index (Phi) is 5.06. The van der Waals surface area contributed by atoms with E-state index in [4.69, 9.17) is 10.4 Å². The molecule has 0 aromatic heterocycles. The van der Waals surface area contributed by atoms with Gasteiger partial charge in [0.25, 0.3) is 0 Å². The maximum atomic E-state index is 10.3. The number of rotatable bonds is 5. The van der Waals surface area contributed by atoms with Gasteiger partial charge in [0.2, 0.25) is 0 Å². The van der Waals surface area contributed by atoms with Crippen LogP contribution < -0.4 is 0 Å². The van der Waals surface area contributed by atoms with Crippen LogP contribution in [0.1, 0.15) is 19.8 Å². The van der Waals surface area contributed by atoms with E-state index in [9.17, 15) is 4.79 Å². The van der Waals surface area contributed by atoms with Gasteiger partial charge in [-0.05, 0) is 14.0 Å². The van der Waals surface area contributed by atoms with E-state index in [0.717, 1.165) is 0 Å². The molecule has 0 radical (unpaired) electrons. The SMILES string of the molecule is CC(CC(=O)O)N(C)CCC#N. The number of carboxylic acid groups (broad SMARTS) is 1. The molecule has 0 rings (SSSR count). The number of nitriles is 1. The van der Waals surface area contributed by atoms with Gasteiger partial charge < -0.3 is 10.0 Å². The second-order valence-electron chi connectivity index (χ2n) is 2.84. The normalized spacial score (nSPS) is 12.5. The Bertz CT molecular complexity index is 186. The first-order chi connectivity index (χ1) is 5.57. The zero-order chi connectivity index (χ0) is 9.56. The third-order valence-electron chi connectivity index (χ3n) is 1.80. The molecule has 0 saturated heterocycles. The van der Waals surface area contributed by atoms with E-state index in [1.54, 1.807) is 0 Å². The molecular weight excluding hydrogens is 156 g/mol. The number of nitrogens with zero attached hydrogens (tertiary/aromatic N) is 2. The van der Waals surface area contributed by atoms with Crippen LogP contribution in [0.4, 0.5) is 0 Å². The van der Waals surface area contributed by atoms with Gasteiger partial charge in [0.15, 0.2) is 0 Å². The molecule has 0 spiro atoms. The van der Waals surface area contributed by atoms with E-state index in [1.807, 2.05) is 24.9 Å². The van der Waals surface area contributed by atoms with Gasteiger partial charge in [-0.15, -0.1) is 0 Å². The molecule has 1 N–H and O–H groups in total. The van der Waals surface area contributed by atoms with E-state index in [2.05, 4.69) is 0 Å². The molecule has 0 bridgehead atoms. The summed E-state index contributed by atoms with van der Waals surface area (Å²) in [6, 6.07) is 2.01. The fourth-order valence-corrected chi connectivity index (χ4v) is 0.855. The zero-order valence-electron chi connectivity index (χ0n) is 7.45. The molecule has 0 fully saturated rings. The molecule has 0 aromatic carbocycles. The predicted molar refractivity (Wildman–Crippen MR) is 44.6 cm³/mol. The topological polar surface area (TPSA) is 64.3 Å². The highest BCUT2D eigenvalue weighted by Crippen LogP contribution is 2.01. The summed E-state index contributed by atoms with van der Waals surface area (Å²) in [5.74, 6) is -0.800. The Morgan fingerprint density at radius 1 is 1.75 bits per heavy atom. The lowest BCUT2D eigenvalue weighted by Gasteiger charge is -2.21. The summed E-state index contributed by atoms with van der Waals surface area (Å²) in [4.78, 5) is 12.2. The Balaban J connectivity index is 3.69. The number of hydrogen-bond acceptors (Lipinski definition) is 3. The largest absolute Gasteiger partial charge is 0.481 e. The van der Waals surface area contributed by atoms with Crippen LogP contribution in [0.2, 0.25) is 0 Å². The van der Waals surface area contributed by atoms with Crippen LogP contribution in [-0.2, 0) is 4.79 Å². The Labute approximate surface area is 72.4 Å². The molecule has 0 aliphatic heterocycles. The Morgan fingerprint density at radius 2 is 2.33 bits per heavy atom. The van der Waals surface area contributed by atoms with Crippen LogP contribution >= 0.6 is 0 Å². The minimum absolute atomic E-state index is 0.00384. The molecule has 0 aliphatic rings. The van der Waals surface area contributed by atoms with Crippen molar-refractivity contribution in [1.29, 1.82) is 5.26 Å². The summed E-state index contributed by atoms with van der Waals surface area (Å²) in [5.41, 5.74) is 0. The van der Waals surface area contributed by atoms with Gasteiger partial charge in [-0.3, -0.25) is 4.79 Å². The van der Waals surface area contributed by atoms with Crippen molar-refractivity contribution in [3.63, 3.8) is 0 Å². The van der Waals surface area contributed by atoms with Gasteiger partial charge >= 0.3 is 5.97 Å². The highest BCUT2D eigenvalue weighted by molar-refractivity contribution is 5.67. The monoisotopic (exact) mass is 170 g/mol. The molecule has 1 unspecified atom stereocenters. The molecule has 68 valence electrons. The van der Waals surface area contributed by atoms with Crippen LogP contribution in [0.5, 0.6) is 0 Å². The number of hydrogen-bond donors (Lipinski definition) is 1. The maximum absolute atomic E-state index is 10.3. The average Bonchev–Trinajstić information content (AvgIpc) is 1.98. The smallest absolute Gasteiger partial charge is 0.304 e. The van der Waals surface area contributed by atoms with Crippen molar-refractivity contribution in [2.75, 3.05) is 13.6 Å². The standard InChI is InChI=1S/C8H14N2O2/c1-7(6-8(11)12)10(2)5-3-4-9/h7H,3,5-6H2,1-2H3,(H,11,12). The lowest BCUT2D eigenvalue weighted by Crippen LogP contribution is -2.31. The van der Waals surface area contributed by atoms with Crippen molar-refractivity contribution in [2.24, 2.45) is 0 Å². The van der Waals surface area contributed by atoms with Crippen LogP contribution in [-0.4, -0.2) is 35.6 Å². The molecule has 12 heavy (non-hydrogen) atoms. The highest BCUT2D eigenvalue weighted by Gasteiger charge is 2.11. The third-order valence-corrected chi connectivity index (χ3v) is 1.80. The maximum Gasteiger partial charge on any atom is 0.304 e. The fraction of sp³-hybridized carbons (Fsp3) is 0.750. The average molecular weight is 170 g/mol. The van der Waals surface area contributed by atoms with Gasteiger partial charge in [-0.1, -0.05) is 0 Å². The van der Waals surface area contributed by atoms with Crippen molar-refractivity contribution in [1.82, 2.24) is 4.90 Å². The summed E-state index contributed by atoms with van der Waals surface area (Å²) >= 11 is 0. The minimum atomic E-state index is -0.800. The fourth-order valence-electron chi connectivity index (χ4n) is 0.855. The van der Waals surface area contributed by atoms with Crippen molar-refractivity contribution in [3.05, 3.63) is 0 Å². The lowest BCUT2D eigenvalue weighted by atomic mass is 10.2. The van der Waals surface area contributed by atoms with Gasteiger partial charge in [0.05, 0.1) is 12.5 Å². The zero-order valence-corrected chi connectivity index (χ0v) is 7.45. The molecule has 0 saturated carbocycles. The third kappa shape index (κ3) is 4.69. The van der Waals surface area contributed by atoms with Gasteiger partial charge in [0.1, 0.15) is 0 Å². The molecule has 4 nitrogen and oxygen atoms in total. The number of carbonyl (C=O) groups is 1. The number of carboxylic acids is 1. The lowest BCUT2D eigenvalue weighted by molar-refractivity contribution is -0.138. The molecule has 0 aromatic rings. The van der Waals surface area contributed by atoms with Crippen LogP contribution in [0.3, 0.4) is 0 Å². The molecule has 0 heterocycles. The first-order valence-corrected chi connectivity index (χ1v) is 3.87. The van der Waals surface area contributed by atoms with Gasteiger partial charge in [-0.25, -0.2) is 0 Å². The van der Waals surface area contributed by atoms with Crippen LogP contribution in [0.25, 0.3) is 0 Å². The summed E-state index contributed by atoms with van der Waals surface area (Å²) in [6.45, 7) is 2.47.